The van der Waals surface area contributed by atoms with Crippen molar-refractivity contribution >= 4 is 21.5 Å². The van der Waals surface area contributed by atoms with Crippen LogP contribution in [0, 0.1) is 0 Å². The molecular formula is C31H26O. The van der Waals surface area contributed by atoms with Gasteiger partial charge >= 0.3 is 0 Å². The fourth-order valence-corrected chi connectivity index (χ4v) is 5.42. The van der Waals surface area contributed by atoms with E-state index in [9.17, 15) is 0 Å². The first-order valence-corrected chi connectivity index (χ1v) is 11.6. The Morgan fingerprint density at radius 1 is 0.500 bits per heavy atom. The lowest BCUT2D eigenvalue weighted by molar-refractivity contribution is 0.0854. The van der Waals surface area contributed by atoms with Gasteiger partial charge in [0.25, 0.3) is 0 Å². The van der Waals surface area contributed by atoms with Gasteiger partial charge in [-0.3, -0.25) is 0 Å². The Morgan fingerprint density at radius 2 is 1.00 bits per heavy atom. The molecule has 0 saturated carbocycles. The average Bonchev–Trinajstić information content (AvgIpc) is 2.88. The highest BCUT2D eigenvalue weighted by molar-refractivity contribution is 6.21. The number of hydrogen-bond acceptors (Lipinski definition) is 1. The van der Waals surface area contributed by atoms with Crippen molar-refractivity contribution in [3.05, 3.63) is 109 Å². The molecular weight excluding hydrogens is 388 g/mol. The molecule has 1 aliphatic heterocycles. The standard InChI is InChI=1S/C31H26O/c1-2-10-23(11-3-1)30-26-14-6-8-16-28(26)31(29-17-9-7-15-27(29)30)25-13-5-4-12-24(25)22-18-20-32-21-19-22/h1-17,22H,18-21H2. The van der Waals surface area contributed by atoms with E-state index >= 15 is 0 Å². The first-order chi connectivity index (χ1) is 15.9. The van der Waals surface area contributed by atoms with Crippen LogP contribution in [0.5, 0.6) is 0 Å². The molecule has 0 atom stereocenters. The highest BCUT2D eigenvalue weighted by atomic mass is 16.5. The number of hydrogen-bond donors (Lipinski definition) is 0. The molecule has 0 N–H and O–H groups in total. The van der Waals surface area contributed by atoms with Crippen molar-refractivity contribution in [2.24, 2.45) is 0 Å². The lowest BCUT2D eigenvalue weighted by Gasteiger charge is -2.26. The predicted octanol–water partition coefficient (Wildman–Crippen LogP) is 8.22. The van der Waals surface area contributed by atoms with E-state index in [0.717, 1.165) is 26.1 Å². The monoisotopic (exact) mass is 414 g/mol. The van der Waals surface area contributed by atoms with Crippen molar-refractivity contribution in [3.8, 4) is 22.3 Å². The topological polar surface area (TPSA) is 9.23 Å². The zero-order valence-electron chi connectivity index (χ0n) is 18.1. The van der Waals surface area contributed by atoms with Crippen molar-refractivity contribution in [1.29, 1.82) is 0 Å². The molecule has 5 aromatic rings. The Balaban J connectivity index is 1.72. The molecule has 5 aromatic carbocycles. The number of benzene rings is 5. The van der Waals surface area contributed by atoms with Crippen molar-refractivity contribution in [3.63, 3.8) is 0 Å². The summed E-state index contributed by atoms with van der Waals surface area (Å²) in [5.74, 6) is 0.547. The molecule has 156 valence electrons. The van der Waals surface area contributed by atoms with E-state index in [0.29, 0.717) is 5.92 Å². The third-order valence-electron chi connectivity index (χ3n) is 6.89. The molecule has 32 heavy (non-hydrogen) atoms. The maximum absolute atomic E-state index is 5.67. The molecule has 0 spiro atoms. The number of fused-ring (bicyclic) bond motifs is 2. The molecule has 6 rings (SSSR count). The molecule has 0 amide bonds. The largest absolute Gasteiger partial charge is 0.381 e. The summed E-state index contributed by atoms with van der Waals surface area (Å²) in [5.41, 5.74) is 6.77. The van der Waals surface area contributed by atoms with Gasteiger partial charge in [0, 0.05) is 13.2 Å². The minimum absolute atomic E-state index is 0.547. The predicted molar refractivity (Wildman–Crippen MR) is 135 cm³/mol. The van der Waals surface area contributed by atoms with Crippen LogP contribution in [0.4, 0.5) is 0 Å². The van der Waals surface area contributed by atoms with Crippen molar-refractivity contribution < 1.29 is 4.74 Å². The Hall–Kier alpha value is -3.42. The van der Waals surface area contributed by atoms with Crippen molar-refractivity contribution in [1.82, 2.24) is 0 Å². The van der Waals surface area contributed by atoms with Gasteiger partial charge in [0.1, 0.15) is 0 Å². The van der Waals surface area contributed by atoms with E-state index in [1.54, 1.807) is 0 Å². The normalized spacial score (nSPS) is 14.8. The van der Waals surface area contributed by atoms with Gasteiger partial charge in [0.05, 0.1) is 0 Å². The Morgan fingerprint density at radius 3 is 1.62 bits per heavy atom. The minimum Gasteiger partial charge on any atom is -0.381 e. The smallest absolute Gasteiger partial charge is 0.0471 e. The maximum atomic E-state index is 5.67. The fraction of sp³-hybridized carbons (Fsp3) is 0.161. The second-order valence-electron chi connectivity index (χ2n) is 8.68. The summed E-state index contributed by atoms with van der Waals surface area (Å²) in [6, 6.07) is 37.7. The molecule has 1 fully saturated rings. The van der Waals surface area contributed by atoms with Crippen LogP contribution in [-0.2, 0) is 4.74 Å². The van der Waals surface area contributed by atoms with Crippen LogP contribution < -0.4 is 0 Å². The van der Waals surface area contributed by atoms with Crippen LogP contribution in [0.3, 0.4) is 0 Å². The minimum atomic E-state index is 0.547. The Bertz CT molecular complexity index is 1340. The molecule has 0 unspecified atom stereocenters. The van der Waals surface area contributed by atoms with E-state index in [2.05, 4.69) is 103 Å². The summed E-state index contributed by atoms with van der Waals surface area (Å²) in [7, 11) is 0. The zero-order chi connectivity index (χ0) is 21.3. The molecule has 1 nitrogen and oxygen atoms in total. The lowest BCUT2D eigenvalue weighted by Crippen LogP contribution is -2.14. The van der Waals surface area contributed by atoms with Gasteiger partial charge in [-0.2, -0.15) is 0 Å². The van der Waals surface area contributed by atoms with Crippen LogP contribution in [-0.4, -0.2) is 13.2 Å². The second-order valence-corrected chi connectivity index (χ2v) is 8.68. The molecule has 1 heteroatoms. The molecule has 0 aliphatic carbocycles. The van der Waals surface area contributed by atoms with Crippen LogP contribution >= 0.6 is 0 Å². The van der Waals surface area contributed by atoms with E-state index in [1.165, 1.54) is 49.4 Å². The van der Waals surface area contributed by atoms with Gasteiger partial charge in [0.2, 0.25) is 0 Å². The zero-order valence-corrected chi connectivity index (χ0v) is 18.1. The van der Waals surface area contributed by atoms with Gasteiger partial charge in [-0.15, -0.1) is 0 Å². The van der Waals surface area contributed by atoms with Crippen LogP contribution in [0.15, 0.2) is 103 Å². The molecule has 1 heterocycles. The summed E-state index contributed by atoms with van der Waals surface area (Å²) in [6.07, 6.45) is 2.18. The van der Waals surface area contributed by atoms with Gasteiger partial charge in [-0.25, -0.2) is 0 Å². The lowest BCUT2D eigenvalue weighted by atomic mass is 9.81. The summed E-state index contributed by atoms with van der Waals surface area (Å²) in [5, 5.41) is 5.28. The quantitative estimate of drug-likeness (QED) is 0.270. The molecule has 0 bridgehead atoms. The highest BCUT2D eigenvalue weighted by Crippen LogP contribution is 2.45. The van der Waals surface area contributed by atoms with Crippen LogP contribution in [0.2, 0.25) is 0 Å². The van der Waals surface area contributed by atoms with Gasteiger partial charge < -0.3 is 4.74 Å². The van der Waals surface area contributed by atoms with E-state index in [1.807, 2.05) is 0 Å². The Labute approximate surface area is 189 Å². The molecule has 0 aromatic heterocycles. The average molecular weight is 415 g/mol. The van der Waals surface area contributed by atoms with E-state index < -0.39 is 0 Å². The van der Waals surface area contributed by atoms with Crippen molar-refractivity contribution in [2.45, 2.75) is 18.8 Å². The molecule has 1 saturated heterocycles. The third-order valence-corrected chi connectivity index (χ3v) is 6.89. The van der Waals surface area contributed by atoms with E-state index in [-0.39, 0.29) is 0 Å². The van der Waals surface area contributed by atoms with E-state index in [4.69, 9.17) is 4.74 Å². The molecule has 0 radical (unpaired) electrons. The first-order valence-electron chi connectivity index (χ1n) is 11.6. The highest BCUT2D eigenvalue weighted by Gasteiger charge is 2.22. The third kappa shape index (κ3) is 3.21. The maximum Gasteiger partial charge on any atom is 0.0471 e. The Kier molecular flexibility index (Phi) is 4.97. The number of ether oxygens (including phenoxy) is 1. The van der Waals surface area contributed by atoms with Gasteiger partial charge in [-0.1, -0.05) is 103 Å². The number of rotatable bonds is 3. The summed E-state index contributed by atoms with van der Waals surface area (Å²) >= 11 is 0. The van der Waals surface area contributed by atoms with Crippen molar-refractivity contribution in [2.75, 3.05) is 13.2 Å². The molecule has 1 aliphatic rings. The second kappa shape index (κ2) is 8.26. The summed E-state index contributed by atoms with van der Waals surface area (Å²) in [6.45, 7) is 1.71. The van der Waals surface area contributed by atoms with Gasteiger partial charge in [0.15, 0.2) is 0 Å². The first kappa shape index (κ1) is 19.3. The van der Waals surface area contributed by atoms with Crippen LogP contribution in [0.1, 0.15) is 24.3 Å². The fourth-order valence-electron chi connectivity index (χ4n) is 5.42. The SMILES string of the molecule is c1ccc(-c2c3ccccc3c(-c3ccccc3C3CCOCC3)c3ccccc23)cc1. The van der Waals surface area contributed by atoms with Gasteiger partial charge in [-0.05, 0) is 68.1 Å². The summed E-state index contributed by atoms with van der Waals surface area (Å²) < 4.78 is 5.67. The van der Waals surface area contributed by atoms with Crippen LogP contribution in [0.25, 0.3) is 43.8 Å². The summed E-state index contributed by atoms with van der Waals surface area (Å²) in [4.78, 5) is 0.